The Labute approximate surface area is 160 Å². The molecule has 1 aromatic carbocycles. The van der Waals surface area contributed by atoms with Gasteiger partial charge in [-0.25, -0.2) is 9.78 Å². The molecule has 1 aliphatic heterocycles. The number of anilines is 1. The van der Waals surface area contributed by atoms with Crippen LogP contribution in [0, 0.1) is 6.92 Å². The first kappa shape index (κ1) is 16.5. The lowest BCUT2D eigenvalue weighted by Crippen LogP contribution is -2.44. The predicted octanol–water partition coefficient (Wildman–Crippen LogP) is 3.23. The zero-order valence-corrected chi connectivity index (χ0v) is 16.1. The van der Waals surface area contributed by atoms with Crippen molar-refractivity contribution in [1.82, 2.24) is 14.3 Å². The number of hydrogen-bond acceptors (Lipinski definition) is 6. The molecule has 4 heterocycles. The van der Waals surface area contributed by atoms with Crippen LogP contribution in [0.25, 0.3) is 27.2 Å². The summed E-state index contributed by atoms with van der Waals surface area (Å²) in [4.78, 5) is 23.9. The molecule has 0 amide bonds. The second kappa shape index (κ2) is 6.21. The topological polar surface area (TPSA) is 54.0 Å². The predicted molar refractivity (Wildman–Crippen MR) is 109 cm³/mol. The lowest BCUT2D eigenvalue weighted by molar-refractivity contribution is 0.313. The van der Waals surface area contributed by atoms with Crippen LogP contribution in [-0.2, 0) is 0 Å². The van der Waals surface area contributed by atoms with E-state index in [0.29, 0.717) is 16.8 Å². The highest BCUT2D eigenvalue weighted by Crippen LogP contribution is 2.27. The quantitative estimate of drug-likeness (QED) is 0.500. The Bertz CT molecular complexity index is 1170. The summed E-state index contributed by atoms with van der Waals surface area (Å²) >= 11 is 1.61. The Morgan fingerprint density at radius 3 is 2.70 bits per heavy atom. The number of thiazole rings is 1. The first-order valence-corrected chi connectivity index (χ1v) is 9.85. The number of benzene rings is 1. The third-order valence-electron chi connectivity index (χ3n) is 5.14. The van der Waals surface area contributed by atoms with E-state index in [1.807, 2.05) is 41.9 Å². The van der Waals surface area contributed by atoms with Gasteiger partial charge in [-0.3, -0.25) is 4.40 Å². The monoisotopic (exact) mass is 380 g/mol. The van der Waals surface area contributed by atoms with Crippen molar-refractivity contribution in [3.63, 3.8) is 0 Å². The summed E-state index contributed by atoms with van der Waals surface area (Å²) in [5.74, 6) is 0. The molecule has 0 bridgehead atoms. The third-order valence-corrected chi connectivity index (χ3v) is 6.05. The van der Waals surface area contributed by atoms with Crippen molar-refractivity contribution >= 4 is 33.0 Å². The summed E-state index contributed by atoms with van der Waals surface area (Å²) in [6.45, 7) is 6.08. The highest BCUT2D eigenvalue weighted by molar-refractivity contribution is 7.17. The largest absolute Gasteiger partial charge is 0.422 e. The smallest absolute Gasteiger partial charge is 0.345 e. The first-order valence-electron chi connectivity index (χ1n) is 9.04. The molecule has 0 unspecified atom stereocenters. The van der Waals surface area contributed by atoms with Crippen molar-refractivity contribution in [2.75, 3.05) is 38.1 Å². The fourth-order valence-corrected chi connectivity index (χ4v) is 4.39. The molecule has 7 heteroatoms. The van der Waals surface area contributed by atoms with E-state index in [0.717, 1.165) is 42.2 Å². The molecule has 0 aliphatic carbocycles. The zero-order valence-electron chi connectivity index (χ0n) is 15.3. The van der Waals surface area contributed by atoms with E-state index >= 15 is 0 Å². The Balaban J connectivity index is 1.53. The van der Waals surface area contributed by atoms with Crippen LogP contribution in [0.1, 0.15) is 4.88 Å². The second-order valence-electron chi connectivity index (χ2n) is 7.12. The molecule has 0 atom stereocenters. The molecule has 5 rings (SSSR count). The number of likely N-dealkylation sites (N-methyl/N-ethyl adjacent to an activating group) is 1. The molecule has 27 heavy (non-hydrogen) atoms. The van der Waals surface area contributed by atoms with Gasteiger partial charge in [0, 0.05) is 60.6 Å². The Kier molecular flexibility index (Phi) is 3.80. The molecule has 0 spiro atoms. The van der Waals surface area contributed by atoms with Crippen molar-refractivity contribution in [3.8, 4) is 11.3 Å². The molecule has 0 radical (unpaired) electrons. The van der Waals surface area contributed by atoms with Gasteiger partial charge in [0.2, 0.25) is 0 Å². The van der Waals surface area contributed by atoms with E-state index in [1.54, 1.807) is 11.3 Å². The number of imidazole rings is 1. The number of nitrogens with zero attached hydrogens (tertiary/aromatic N) is 4. The molecular formula is C20H20N4O2S. The molecule has 0 N–H and O–H groups in total. The number of aryl methyl sites for hydroxylation is 1. The molecule has 1 saturated heterocycles. The van der Waals surface area contributed by atoms with E-state index < -0.39 is 0 Å². The van der Waals surface area contributed by atoms with Gasteiger partial charge in [-0.15, -0.1) is 11.3 Å². The van der Waals surface area contributed by atoms with Crippen LogP contribution in [0.15, 0.2) is 45.9 Å². The van der Waals surface area contributed by atoms with Crippen LogP contribution < -0.4 is 10.5 Å². The molecule has 138 valence electrons. The van der Waals surface area contributed by atoms with Crippen LogP contribution in [0.3, 0.4) is 0 Å². The SMILES string of the molecule is Cc1cn2cc(-c3cc4ccc(N5CCN(C)CC5)cc4oc3=O)nc2s1. The maximum Gasteiger partial charge on any atom is 0.345 e. The van der Waals surface area contributed by atoms with Crippen molar-refractivity contribution in [2.45, 2.75) is 6.92 Å². The molecule has 4 aromatic rings. The van der Waals surface area contributed by atoms with Gasteiger partial charge in [0.1, 0.15) is 5.58 Å². The Hall–Kier alpha value is -2.64. The van der Waals surface area contributed by atoms with Crippen LogP contribution in [-0.4, -0.2) is 47.5 Å². The number of fused-ring (bicyclic) bond motifs is 2. The number of aromatic nitrogens is 2. The maximum atomic E-state index is 12.6. The molecule has 6 nitrogen and oxygen atoms in total. The average molecular weight is 380 g/mol. The first-order chi connectivity index (χ1) is 13.1. The summed E-state index contributed by atoms with van der Waals surface area (Å²) in [6.07, 6.45) is 3.90. The highest BCUT2D eigenvalue weighted by atomic mass is 32.1. The summed E-state index contributed by atoms with van der Waals surface area (Å²) in [7, 11) is 2.14. The number of rotatable bonds is 2. The van der Waals surface area contributed by atoms with Crippen molar-refractivity contribution in [2.24, 2.45) is 0 Å². The third kappa shape index (κ3) is 2.93. The van der Waals surface area contributed by atoms with Crippen LogP contribution in [0.5, 0.6) is 0 Å². The number of piperazine rings is 1. The summed E-state index contributed by atoms with van der Waals surface area (Å²) < 4.78 is 7.61. The van der Waals surface area contributed by atoms with E-state index in [1.165, 1.54) is 4.88 Å². The highest BCUT2D eigenvalue weighted by Gasteiger charge is 2.17. The van der Waals surface area contributed by atoms with Gasteiger partial charge in [0.05, 0.1) is 11.3 Å². The number of hydrogen-bond donors (Lipinski definition) is 0. The van der Waals surface area contributed by atoms with E-state index in [-0.39, 0.29) is 5.63 Å². The summed E-state index contributed by atoms with van der Waals surface area (Å²) in [6, 6.07) is 7.99. The van der Waals surface area contributed by atoms with Crippen molar-refractivity contribution < 1.29 is 4.42 Å². The molecule has 3 aromatic heterocycles. The minimum absolute atomic E-state index is 0.347. The zero-order chi connectivity index (χ0) is 18.5. The normalized spacial score (nSPS) is 15.9. The van der Waals surface area contributed by atoms with E-state index in [9.17, 15) is 4.79 Å². The summed E-state index contributed by atoms with van der Waals surface area (Å²) in [5.41, 5.74) is 2.53. The van der Waals surface area contributed by atoms with Crippen molar-refractivity contribution in [1.29, 1.82) is 0 Å². The average Bonchev–Trinajstić information content (AvgIpc) is 3.18. The second-order valence-corrected chi connectivity index (χ2v) is 8.33. The molecule has 1 fully saturated rings. The van der Waals surface area contributed by atoms with E-state index in [4.69, 9.17) is 4.42 Å². The maximum absolute atomic E-state index is 12.6. The van der Waals surface area contributed by atoms with Gasteiger partial charge in [-0.05, 0) is 32.2 Å². The minimum atomic E-state index is -0.347. The van der Waals surface area contributed by atoms with Crippen LogP contribution in [0.4, 0.5) is 5.69 Å². The fourth-order valence-electron chi connectivity index (χ4n) is 3.58. The van der Waals surface area contributed by atoms with Gasteiger partial charge in [0.25, 0.3) is 0 Å². The molecule has 1 aliphatic rings. The van der Waals surface area contributed by atoms with Gasteiger partial charge in [-0.1, -0.05) is 0 Å². The molecular weight excluding hydrogens is 360 g/mol. The summed E-state index contributed by atoms with van der Waals surface area (Å²) in [5, 5.41) is 0.912. The van der Waals surface area contributed by atoms with Gasteiger partial charge < -0.3 is 14.2 Å². The van der Waals surface area contributed by atoms with Crippen LogP contribution >= 0.6 is 11.3 Å². The van der Waals surface area contributed by atoms with Gasteiger partial charge >= 0.3 is 5.63 Å². The standard InChI is InChI=1S/C20H20N4O2S/c1-13-11-24-12-17(21-20(24)27-13)16-9-14-3-4-15(10-18(14)26-19(16)25)23-7-5-22(2)6-8-23/h3-4,9-12H,5-8H2,1-2H3. The lowest BCUT2D eigenvalue weighted by atomic mass is 10.1. The fraction of sp³-hybridized carbons (Fsp3) is 0.300. The molecule has 0 saturated carbocycles. The van der Waals surface area contributed by atoms with Gasteiger partial charge in [-0.2, -0.15) is 0 Å². The van der Waals surface area contributed by atoms with Gasteiger partial charge in [0.15, 0.2) is 4.96 Å². The minimum Gasteiger partial charge on any atom is -0.422 e. The van der Waals surface area contributed by atoms with E-state index in [2.05, 4.69) is 27.9 Å². The Morgan fingerprint density at radius 2 is 1.93 bits per heavy atom. The van der Waals surface area contributed by atoms with Crippen LogP contribution in [0.2, 0.25) is 0 Å². The lowest BCUT2D eigenvalue weighted by Gasteiger charge is -2.34. The Morgan fingerprint density at radius 1 is 1.11 bits per heavy atom. The van der Waals surface area contributed by atoms with Crippen molar-refractivity contribution in [3.05, 3.63) is 52.0 Å².